The van der Waals surface area contributed by atoms with E-state index in [9.17, 15) is 44.7 Å². The summed E-state index contributed by atoms with van der Waals surface area (Å²) in [6.07, 6.45) is -7.06. The summed E-state index contributed by atoms with van der Waals surface area (Å²) in [4.78, 5) is 21.1. The Kier molecular flexibility index (Phi) is 8.45. The van der Waals surface area contributed by atoms with Crippen molar-refractivity contribution in [2.24, 2.45) is 0 Å². The van der Waals surface area contributed by atoms with E-state index in [-0.39, 0.29) is 48.0 Å². The minimum Gasteiger partial charge on any atom is -0.390 e. The SMILES string of the molecule is CNS(=O)(=O)O[C@@H]1C[C@H](Nc2ncncc2C(=O)c2ccn(Cc3cc(C(F)(F)F)cc(C(F)(F)F)c3)c2)C[C@@H]1O. The second-order valence-corrected chi connectivity index (χ2v) is 10.8. The van der Waals surface area contributed by atoms with Crippen LogP contribution in [0.2, 0.25) is 0 Å². The molecule has 222 valence electrons. The van der Waals surface area contributed by atoms with Crippen LogP contribution in [0.3, 0.4) is 0 Å². The first-order chi connectivity index (χ1) is 19.1. The van der Waals surface area contributed by atoms with Crippen LogP contribution in [0.4, 0.5) is 32.2 Å². The van der Waals surface area contributed by atoms with Crippen molar-refractivity contribution in [2.75, 3.05) is 12.4 Å². The molecule has 2 heterocycles. The van der Waals surface area contributed by atoms with Gasteiger partial charge < -0.3 is 15.0 Å². The van der Waals surface area contributed by atoms with Crippen LogP contribution in [0.15, 0.2) is 49.2 Å². The van der Waals surface area contributed by atoms with Gasteiger partial charge in [-0.3, -0.25) is 8.98 Å². The highest BCUT2D eigenvalue weighted by atomic mass is 32.2. The third kappa shape index (κ3) is 7.41. The van der Waals surface area contributed by atoms with Gasteiger partial charge in [0.15, 0.2) is 5.78 Å². The number of ketones is 1. The largest absolute Gasteiger partial charge is 0.416 e. The van der Waals surface area contributed by atoms with E-state index in [0.717, 1.165) is 13.4 Å². The average Bonchev–Trinajstić information content (AvgIpc) is 3.48. The van der Waals surface area contributed by atoms with Crippen molar-refractivity contribution >= 4 is 21.9 Å². The maximum absolute atomic E-state index is 13.2. The highest BCUT2D eigenvalue weighted by molar-refractivity contribution is 7.84. The van der Waals surface area contributed by atoms with E-state index in [2.05, 4.69) is 15.3 Å². The van der Waals surface area contributed by atoms with Crippen molar-refractivity contribution in [3.63, 3.8) is 0 Å². The number of anilines is 1. The van der Waals surface area contributed by atoms with E-state index in [4.69, 9.17) is 4.18 Å². The van der Waals surface area contributed by atoms with Crippen molar-refractivity contribution < 1.29 is 48.8 Å². The zero-order chi connectivity index (χ0) is 30.2. The Morgan fingerprint density at radius 1 is 1.12 bits per heavy atom. The number of aliphatic hydroxyl groups excluding tert-OH is 1. The van der Waals surface area contributed by atoms with Gasteiger partial charge in [0.05, 0.1) is 22.8 Å². The molecule has 3 N–H and O–H groups in total. The lowest BCUT2D eigenvalue weighted by Crippen LogP contribution is -2.31. The lowest BCUT2D eigenvalue weighted by atomic mass is 10.0. The summed E-state index contributed by atoms with van der Waals surface area (Å²) in [7, 11) is -2.91. The number of hydrogen-bond donors (Lipinski definition) is 3. The van der Waals surface area contributed by atoms with E-state index >= 15 is 0 Å². The fourth-order valence-electron chi connectivity index (χ4n) is 4.36. The van der Waals surface area contributed by atoms with Crippen molar-refractivity contribution in [1.29, 1.82) is 0 Å². The van der Waals surface area contributed by atoms with Crippen LogP contribution < -0.4 is 10.0 Å². The summed E-state index contributed by atoms with van der Waals surface area (Å²) in [5.74, 6) is -0.532. The second-order valence-electron chi connectivity index (χ2n) is 9.27. The smallest absolute Gasteiger partial charge is 0.390 e. The van der Waals surface area contributed by atoms with Gasteiger partial charge in [-0.2, -0.15) is 39.5 Å². The Labute approximate surface area is 229 Å². The molecule has 0 amide bonds. The summed E-state index contributed by atoms with van der Waals surface area (Å²) in [6, 6.07) is 2.06. The molecule has 1 saturated carbocycles. The van der Waals surface area contributed by atoms with Crippen LogP contribution in [0, 0.1) is 0 Å². The number of carbonyl (C=O) groups is 1. The fourth-order valence-corrected chi connectivity index (χ4v) is 4.99. The molecule has 3 atom stereocenters. The lowest BCUT2D eigenvalue weighted by Gasteiger charge is -2.16. The second kappa shape index (κ2) is 11.4. The number of alkyl halides is 6. The minimum atomic E-state index is -4.99. The molecule has 1 aliphatic carbocycles. The molecular weight excluding hydrogens is 584 g/mol. The molecule has 0 aliphatic heterocycles. The average molecular weight is 608 g/mol. The highest BCUT2D eigenvalue weighted by Crippen LogP contribution is 2.36. The summed E-state index contributed by atoms with van der Waals surface area (Å²) < 4.78 is 111. The molecule has 0 radical (unpaired) electrons. The van der Waals surface area contributed by atoms with Gasteiger partial charge in [-0.15, -0.1) is 0 Å². The molecule has 0 unspecified atom stereocenters. The number of nitrogens with zero attached hydrogens (tertiary/aromatic N) is 3. The number of nitrogens with one attached hydrogen (secondary N) is 2. The number of rotatable bonds is 9. The highest BCUT2D eigenvalue weighted by Gasteiger charge is 2.38. The van der Waals surface area contributed by atoms with E-state index in [0.29, 0.717) is 12.1 Å². The Morgan fingerprint density at radius 2 is 1.78 bits per heavy atom. The molecule has 0 spiro atoms. The van der Waals surface area contributed by atoms with Crippen LogP contribution in [0.25, 0.3) is 0 Å². The third-order valence-corrected chi connectivity index (χ3v) is 7.30. The molecule has 1 fully saturated rings. The topological polar surface area (TPSA) is 135 Å². The van der Waals surface area contributed by atoms with Crippen LogP contribution in [-0.4, -0.2) is 59.1 Å². The number of aliphatic hydroxyl groups is 1. The Bertz CT molecular complexity index is 1490. The molecule has 10 nitrogen and oxygen atoms in total. The van der Waals surface area contributed by atoms with Crippen molar-refractivity contribution in [3.8, 4) is 0 Å². The molecule has 0 bridgehead atoms. The van der Waals surface area contributed by atoms with E-state index in [1.165, 1.54) is 29.2 Å². The van der Waals surface area contributed by atoms with E-state index in [1.54, 1.807) is 0 Å². The quantitative estimate of drug-likeness (QED) is 0.249. The monoisotopic (exact) mass is 607 g/mol. The minimum absolute atomic E-state index is 0.00891. The Hall–Kier alpha value is -3.54. The first-order valence-electron chi connectivity index (χ1n) is 11.9. The normalized spacial score (nSPS) is 19.9. The summed E-state index contributed by atoms with van der Waals surface area (Å²) in [5, 5.41) is 13.2. The first-order valence-corrected chi connectivity index (χ1v) is 13.3. The van der Waals surface area contributed by atoms with Gasteiger partial charge in [0.1, 0.15) is 18.2 Å². The van der Waals surface area contributed by atoms with Gasteiger partial charge >= 0.3 is 22.7 Å². The summed E-state index contributed by atoms with van der Waals surface area (Å²) >= 11 is 0. The van der Waals surface area contributed by atoms with Crippen LogP contribution in [0.1, 0.15) is 45.5 Å². The molecule has 41 heavy (non-hydrogen) atoms. The van der Waals surface area contributed by atoms with Gasteiger partial charge in [-0.25, -0.2) is 9.97 Å². The van der Waals surface area contributed by atoms with Crippen LogP contribution in [0.5, 0.6) is 0 Å². The van der Waals surface area contributed by atoms with Gasteiger partial charge in [-0.05, 0) is 42.7 Å². The molecule has 0 saturated heterocycles. The fraction of sp³-hybridized carbons (Fsp3) is 0.375. The lowest BCUT2D eigenvalue weighted by molar-refractivity contribution is -0.143. The van der Waals surface area contributed by atoms with Gasteiger partial charge in [0, 0.05) is 43.8 Å². The predicted octanol–water partition coefficient (Wildman–Crippen LogP) is 3.38. The zero-order valence-corrected chi connectivity index (χ0v) is 21.9. The molecule has 2 aromatic heterocycles. The molecule has 1 aromatic carbocycles. The molecule has 17 heteroatoms. The number of benzene rings is 1. The van der Waals surface area contributed by atoms with Crippen LogP contribution in [-0.2, 0) is 33.4 Å². The maximum Gasteiger partial charge on any atom is 0.416 e. The number of hydrogen-bond acceptors (Lipinski definition) is 8. The molecular formula is C24H23F6N5O5S. The van der Waals surface area contributed by atoms with Crippen molar-refractivity contribution in [3.05, 3.63) is 77.0 Å². The number of carbonyl (C=O) groups excluding carboxylic acids is 1. The van der Waals surface area contributed by atoms with E-state index in [1.807, 2.05) is 4.72 Å². The summed E-state index contributed by atoms with van der Waals surface area (Å²) in [5.41, 5.74) is -3.12. The van der Waals surface area contributed by atoms with Gasteiger partial charge in [0.2, 0.25) is 0 Å². The molecule has 4 rings (SSSR count). The van der Waals surface area contributed by atoms with Crippen molar-refractivity contribution in [1.82, 2.24) is 19.3 Å². The standard InChI is InChI=1S/C24H23F6N5O5S/c1-31-41(38,39)40-20-8-17(7-19(20)36)34-22-18(9-32-12-33-22)21(37)14-2-3-35(11-14)10-13-4-15(23(25,26)27)6-16(5-13)24(28,29)30/h2-6,9,11-12,17,19-20,31,36H,7-8,10H2,1H3,(H,32,33,34)/t17-,19+,20-/m1/s1. The predicted molar refractivity (Wildman–Crippen MR) is 131 cm³/mol. The van der Waals surface area contributed by atoms with Gasteiger partial charge in [-0.1, -0.05) is 0 Å². The van der Waals surface area contributed by atoms with Crippen molar-refractivity contribution in [2.45, 2.75) is 50.0 Å². The summed E-state index contributed by atoms with van der Waals surface area (Å²) in [6.45, 7) is -0.381. The zero-order valence-electron chi connectivity index (χ0n) is 21.1. The van der Waals surface area contributed by atoms with Gasteiger partial charge in [0.25, 0.3) is 0 Å². The molecule has 3 aromatic rings. The first kappa shape index (κ1) is 30.4. The third-order valence-electron chi connectivity index (χ3n) is 6.30. The Morgan fingerprint density at radius 3 is 2.39 bits per heavy atom. The maximum atomic E-state index is 13.2. The Balaban J connectivity index is 1.52. The number of aromatic nitrogens is 3. The van der Waals surface area contributed by atoms with E-state index < -0.39 is 57.8 Å². The number of halogens is 6. The molecule has 1 aliphatic rings. The van der Waals surface area contributed by atoms with Crippen LogP contribution >= 0.6 is 0 Å².